The zero-order chi connectivity index (χ0) is 18.7. The first-order valence-electron chi connectivity index (χ1n) is 8.42. The van der Waals surface area contributed by atoms with Crippen LogP contribution in [0.25, 0.3) is 0 Å². The molecular formula is C19H19ClFN3O2. The molecule has 7 heteroatoms. The van der Waals surface area contributed by atoms with E-state index in [0.717, 1.165) is 12.8 Å². The van der Waals surface area contributed by atoms with Crippen molar-refractivity contribution < 1.29 is 14.0 Å². The number of nitrogens with zero attached hydrogens (tertiary/aromatic N) is 2. The number of benzene rings is 1. The van der Waals surface area contributed by atoms with Gasteiger partial charge in [0.15, 0.2) is 5.78 Å². The number of halogens is 2. The van der Waals surface area contributed by atoms with Crippen molar-refractivity contribution in [1.29, 1.82) is 0 Å². The van der Waals surface area contributed by atoms with Crippen LogP contribution < -0.4 is 10.2 Å². The topological polar surface area (TPSA) is 62.3 Å². The first-order chi connectivity index (χ1) is 12.5. The highest BCUT2D eigenvalue weighted by Gasteiger charge is 2.28. The van der Waals surface area contributed by atoms with Crippen molar-refractivity contribution in [2.24, 2.45) is 5.92 Å². The van der Waals surface area contributed by atoms with Crippen LogP contribution in [-0.4, -0.2) is 29.8 Å². The molecule has 1 saturated heterocycles. The molecule has 1 fully saturated rings. The van der Waals surface area contributed by atoms with Crippen LogP contribution in [0.4, 0.5) is 15.9 Å². The summed E-state index contributed by atoms with van der Waals surface area (Å²) in [6.07, 6.45) is 2.97. The Morgan fingerprint density at radius 1 is 1.31 bits per heavy atom. The normalized spacial score (nSPS) is 17.0. The Labute approximate surface area is 156 Å². The van der Waals surface area contributed by atoms with E-state index in [2.05, 4.69) is 10.3 Å². The Bertz CT molecular complexity index is 826. The fraction of sp³-hybridized carbons (Fsp3) is 0.316. The van der Waals surface area contributed by atoms with Gasteiger partial charge >= 0.3 is 0 Å². The quantitative estimate of drug-likeness (QED) is 0.822. The van der Waals surface area contributed by atoms with Gasteiger partial charge in [-0.15, -0.1) is 0 Å². The molecule has 0 radical (unpaired) electrons. The van der Waals surface area contributed by atoms with Crippen molar-refractivity contribution in [3.63, 3.8) is 0 Å². The third-order valence-corrected chi connectivity index (χ3v) is 4.68. The molecule has 0 aliphatic carbocycles. The largest absolute Gasteiger partial charge is 0.370 e. The fourth-order valence-corrected chi connectivity index (χ4v) is 3.32. The van der Waals surface area contributed by atoms with E-state index in [9.17, 15) is 14.0 Å². The van der Waals surface area contributed by atoms with E-state index < -0.39 is 5.82 Å². The summed E-state index contributed by atoms with van der Waals surface area (Å²) < 4.78 is 14.1. The van der Waals surface area contributed by atoms with Gasteiger partial charge in [0.1, 0.15) is 11.6 Å². The number of hydrogen-bond donors (Lipinski definition) is 1. The lowest BCUT2D eigenvalue weighted by atomic mass is 9.95. The molecule has 1 amide bonds. The third kappa shape index (κ3) is 4.02. The molecule has 1 aliphatic heterocycles. The van der Waals surface area contributed by atoms with Crippen molar-refractivity contribution in [3.05, 3.63) is 52.9 Å². The van der Waals surface area contributed by atoms with Crippen molar-refractivity contribution in [2.75, 3.05) is 23.3 Å². The van der Waals surface area contributed by atoms with Gasteiger partial charge in [-0.3, -0.25) is 9.59 Å². The van der Waals surface area contributed by atoms with Crippen molar-refractivity contribution in [2.45, 2.75) is 19.8 Å². The number of carbonyl (C=O) groups excluding carboxylic acids is 2. The van der Waals surface area contributed by atoms with Gasteiger partial charge in [0, 0.05) is 19.3 Å². The Morgan fingerprint density at radius 3 is 2.81 bits per heavy atom. The van der Waals surface area contributed by atoms with Crippen LogP contribution in [-0.2, 0) is 4.79 Å². The first kappa shape index (κ1) is 18.3. The lowest BCUT2D eigenvalue weighted by Gasteiger charge is -2.34. The van der Waals surface area contributed by atoms with Gasteiger partial charge in [-0.1, -0.05) is 17.7 Å². The fourth-order valence-electron chi connectivity index (χ4n) is 3.21. The summed E-state index contributed by atoms with van der Waals surface area (Å²) in [7, 11) is 0. The molecule has 1 aromatic carbocycles. The number of ketones is 1. The minimum Gasteiger partial charge on any atom is -0.370 e. The maximum absolute atomic E-state index is 14.1. The number of nitrogens with one attached hydrogen (secondary N) is 1. The molecule has 2 heterocycles. The first-order valence-corrected chi connectivity index (χ1v) is 8.80. The zero-order valence-electron chi connectivity index (χ0n) is 14.3. The average Bonchev–Trinajstić information content (AvgIpc) is 2.63. The number of aromatic nitrogens is 1. The second-order valence-corrected chi connectivity index (χ2v) is 6.76. The Balaban J connectivity index is 1.75. The maximum Gasteiger partial charge on any atom is 0.230 e. The SMILES string of the molecule is CC(=O)c1c(F)cccc1N1CCC[C@H](C(=O)Nc2ccc(Cl)cn2)C1. The van der Waals surface area contributed by atoms with Crippen LogP contribution in [0.2, 0.25) is 5.02 Å². The minimum atomic E-state index is -0.535. The van der Waals surface area contributed by atoms with E-state index in [4.69, 9.17) is 11.6 Å². The standard InChI is InChI=1S/C19H19ClFN3O2/c1-12(25)18-15(21)5-2-6-16(18)24-9-3-4-13(11-24)19(26)23-17-8-7-14(20)10-22-17/h2,5-8,10,13H,3-4,9,11H2,1H3,(H,22,23,26)/t13-/m0/s1. The highest BCUT2D eigenvalue weighted by atomic mass is 35.5. The van der Waals surface area contributed by atoms with Gasteiger partial charge in [-0.2, -0.15) is 0 Å². The number of pyridine rings is 1. The van der Waals surface area contributed by atoms with Crippen LogP contribution in [0.5, 0.6) is 0 Å². The Kier molecular flexibility index (Phi) is 5.52. The number of Topliss-reactive ketones (excluding diaryl/α,β-unsaturated/α-hetero) is 1. The molecule has 1 atom stereocenters. The van der Waals surface area contributed by atoms with Crippen molar-refractivity contribution in [3.8, 4) is 0 Å². The van der Waals surface area contributed by atoms with Gasteiger partial charge in [0.05, 0.1) is 22.2 Å². The second-order valence-electron chi connectivity index (χ2n) is 6.33. The van der Waals surface area contributed by atoms with E-state index in [0.29, 0.717) is 29.6 Å². The van der Waals surface area contributed by atoms with E-state index in [1.807, 2.05) is 4.90 Å². The summed E-state index contributed by atoms with van der Waals surface area (Å²) in [6.45, 7) is 2.44. The minimum absolute atomic E-state index is 0.0768. The molecule has 0 unspecified atom stereocenters. The number of hydrogen-bond acceptors (Lipinski definition) is 4. The van der Waals surface area contributed by atoms with E-state index in [-0.39, 0.29) is 23.2 Å². The summed E-state index contributed by atoms with van der Waals surface area (Å²) in [4.78, 5) is 30.4. The summed E-state index contributed by atoms with van der Waals surface area (Å²) in [5.74, 6) is -0.844. The number of anilines is 2. The maximum atomic E-state index is 14.1. The summed E-state index contributed by atoms with van der Waals surface area (Å²) in [6, 6.07) is 7.88. The molecular weight excluding hydrogens is 357 g/mol. The third-order valence-electron chi connectivity index (χ3n) is 4.46. The molecule has 2 aromatic rings. The van der Waals surface area contributed by atoms with E-state index in [1.54, 1.807) is 24.3 Å². The molecule has 1 aliphatic rings. The molecule has 3 rings (SSSR count). The monoisotopic (exact) mass is 375 g/mol. The van der Waals surface area contributed by atoms with Gasteiger partial charge < -0.3 is 10.2 Å². The van der Waals surface area contributed by atoms with Crippen LogP contribution in [0.3, 0.4) is 0 Å². The lowest BCUT2D eigenvalue weighted by molar-refractivity contribution is -0.120. The molecule has 26 heavy (non-hydrogen) atoms. The van der Waals surface area contributed by atoms with Crippen LogP contribution in [0, 0.1) is 11.7 Å². The molecule has 136 valence electrons. The highest BCUT2D eigenvalue weighted by Crippen LogP contribution is 2.29. The number of piperidine rings is 1. The van der Waals surface area contributed by atoms with Gasteiger partial charge in [-0.25, -0.2) is 9.37 Å². The molecule has 1 N–H and O–H groups in total. The highest BCUT2D eigenvalue weighted by molar-refractivity contribution is 6.30. The van der Waals surface area contributed by atoms with Crippen molar-refractivity contribution in [1.82, 2.24) is 4.98 Å². The Morgan fingerprint density at radius 2 is 2.12 bits per heavy atom. The summed E-state index contributed by atoms with van der Waals surface area (Å²) in [5, 5.41) is 3.28. The number of carbonyl (C=O) groups is 2. The smallest absolute Gasteiger partial charge is 0.230 e. The van der Waals surface area contributed by atoms with E-state index in [1.165, 1.54) is 19.2 Å². The van der Waals surface area contributed by atoms with Crippen LogP contribution in [0.1, 0.15) is 30.1 Å². The summed E-state index contributed by atoms with van der Waals surface area (Å²) >= 11 is 5.80. The summed E-state index contributed by atoms with van der Waals surface area (Å²) in [5.41, 5.74) is 0.618. The predicted octanol–water partition coefficient (Wildman–Crippen LogP) is 3.93. The zero-order valence-corrected chi connectivity index (χ0v) is 15.1. The van der Waals surface area contributed by atoms with Crippen molar-refractivity contribution >= 4 is 34.8 Å². The number of amides is 1. The molecule has 0 bridgehead atoms. The molecule has 1 aromatic heterocycles. The second kappa shape index (κ2) is 7.83. The predicted molar refractivity (Wildman–Crippen MR) is 99.2 cm³/mol. The van der Waals surface area contributed by atoms with E-state index >= 15 is 0 Å². The molecule has 0 saturated carbocycles. The van der Waals surface area contributed by atoms with Crippen LogP contribution in [0.15, 0.2) is 36.5 Å². The average molecular weight is 376 g/mol. The van der Waals surface area contributed by atoms with Gasteiger partial charge in [0.2, 0.25) is 5.91 Å². The van der Waals surface area contributed by atoms with Gasteiger partial charge in [0.25, 0.3) is 0 Å². The lowest BCUT2D eigenvalue weighted by Crippen LogP contribution is -2.41. The van der Waals surface area contributed by atoms with Gasteiger partial charge in [-0.05, 0) is 44.0 Å². The molecule has 5 nitrogen and oxygen atoms in total. The number of rotatable bonds is 4. The van der Waals surface area contributed by atoms with Crippen LogP contribution >= 0.6 is 11.6 Å². The molecule has 0 spiro atoms. The Hall–Kier alpha value is -2.47.